The van der Waals surface area contributed by atoms with Gasteiger partial charge in [-0.1, -0.05) is 144 Å². The molecule has 4 unspecified atom stereocenters. The van der Waals surface area contributed by atoms with E-state index >= 15 is 0 Å². The van der Waals surface area contributed by atoms with Gasteiger partial charge in [0.25, 0.3) is 0 Å². The Labute approximate surface area is 209 Å². The average molecular weight is 467 g/mol. The molecular formula is C31H62O2. The molecule has 0 aromatic carbocycles. The lowest BCUT2D eigenvalue weighted by molar-refractivity contribution is -0.145. The maximum Gasteiger partial charge on any atom is 0.308 e. The fraction of sp³-hybridized carbons (Fsp3) is 0.968. The van der Waals surface area contributed by atoms with Crippen molar-refractivity contribution in [2.45, 2.75) is 163 Å². The minimum atomic E-state index is -0.0635. The van der Waals surface area contributed by atoms with Crippen molar-refractivity contribution in [3.63, 3.8) is 0 Å². The third-order valence-electron chi connectivity index (χ3n) is 7.52. The maximum atomic E-state index is 11.6. The summed E-state index contributed by atoms with van der Waals surface area (Å²) in [6.45, 7) is 11.4. The zero-order valence-electron chi connectivity index (χ0n) is 23.8. The van der Waals surface area contributed by atoms with Gasteiger partial charge in [-0.2, -0.15) is 0 Å². The summed E-state index contributed by atoms with van der Waals surface area (Å²) in [5.41, 5.74) is 0. The van der Waals surface area contributed by atoms with E-state index in [1.807, 2.05) is 6.92 Å². The van der Waals surface area contributed by atoms with Gasteiger partial charge in [0.15, 0.2) is 0 Å². The highest BCUT2D eigenvalue weighted by Crippen LogP contribution is 2.26. The number of unbranched alkanes of at least 4 members (excludes halogenated alkanes) is 15. The molecule has 0 radical (unpaired) electrons. The summed E-state index contributed by atoms with van der Waals surface area (Å²) in [6, 6.07) is 0. The van der Waals surface area contributed by atoms with Gasteiger partial charge >= 0.3 is 5.97 Å². The fourth-order valence-electron chi connectivity index (χ4n) is 5.63. The largest absolute Gasteiger partial charge is 0.469 e. The third-order valence-corrected chi connectivity index (χ3v) is 7.52. The second kappa shape index (κ2) is 23.2. The van der Waals surface area contributed by atoms with E-state index in [0.717, 1.165) is 18.3 Å². The molecule has 0 N–H and O–H groups in total. The molecule has 0 fully saturated rings. The molecule has 0 saturated heterocycles. The summed E-state index contributed by atoms with van der Waals surface area (Å²) in [7, 11) is 1.49. The summed E-state index contributed by atoms with van der Waals surface area (Å²) in [5.74, 6) is 2.14. The zero-order valence-corrected chi connectivity index (χ0v) is 23.8. The minimum absolute atomic E-state index is 0.0275. The van der Waals surface area contributed by atoms with Crippen molar-refractivity contribution in [3.05, 3.63) is 0 Å². The van der Waals surface area contributed by atoms with Crippen LogP contribution in [0.3, 0.4) is 0 Å². The molecule has 198 valence electrons. The van der Waals surface area contributed by atoms with Crippen molar-refractivity contribution in [1.82, 2.24) is 0 Å². The van der Waals surface area contributed by atoms with E-state index in [9.17, 15) is 4.79 Å². The highest BCUT2D eigenvalue weighted by molar-refractivity contribution is 5.71. The summed E-state index contributed by atoms with van der Waals surface area (Å²) in [4.78, 5) is 11.6. The van der Waals surface area contributed by atoms with Crippen LogP contribution in [0.15, 0.2) is 0 Å². The predicted octanol–water partition coefficient (Wildman–Crippen LogP) is 10.5. The second-order valence-electron chi connectivity index (χ2n) is 11.5. The van der Waals surface area contributed by atoms with Crippen LogP contribution in [0.2, 0.25) is 0 Å². The molecule has 0 aliphatic carbocycles. The molecule has 0 aliphatic rings. The van der Waals surface area contributed by atoms with E-state index in [-0.39, 0.29) is 11.9 Å². The van der Waals surface area contributed by atoms with Crippen molar-refractivity contribution >= 4 is 5.97 Å². The van der Waals surface area contributed by atoms with Crippen LogP contribution in [-0.4, -0.2) is 13.1 Å². The molecule has 0 bridgehead atoms. The SMILES string of the molecule is CCCCCCCCCCCCCCCCCCC(C)CC(C)CC(C)CC(C)C(=O)OC. The number of hydrogen-bond donors (Lipinski definition) is 0. The molecule has 33 heavy (non-hydrogen) atoms. The van der Waals surface area contributed by atoms with Crippen LogP contribution < -0.4 is 0 Å². The highest BCUT2D eigenvalue weighted by atomic mass is 16.5. The number of carbonyl (C=O) groups excluding carboxylic acids is 1. The lowest BCUT2D eigenvalue weighted by atomic mass is 9.84. The van der Waals surface area contributed by atoms with Gasteiger partial charge in [0.2, 0.25) is 0 Å². The smallest absolute Gasteiger partial charge is 0.308 e. The van der Waals surface area contributed by atoms with Crippen LogP contribution in [0.5, 0.6) is 0 Å². The van der Waals surface area contributed by atoms with E-state index < -0.39 is 0 Å². The topological polar surface area (TPSA) is 26.3 Å². The van der Waals surface area contributed by atoms with Crippen LogP contribution in [0, 0.1) is 23.7 Å². The first-order chi connectivity index (χ1) is 15.9. The molecular weight excluding hydrogens is 404 g/mol. The molecule has 0 rings (SSSR count). The number of esters is 1. The van der Waals surface area contributed by atoms with Crippen molar-refractivity contribution in [1.29, 1.82) is 0 Å². The first kappa shape index (κ1) is 32.5. The Hall–Kier alpha value is -0.530. The molecule has 0 aliphatic heterocycles. The lowest BCUT2D eigenvalue weighted by Crippen LogP contribution is -2.17. The van der Waals surface area contributed by atoms with Gasteiger partial charge in [-0.15, -0.1) is 0 Å². The average Bonchev–Trinajstić information content (AvgIpc) is 2.77. The van der Waals surface area contributed by atoms with Crippen LogP contribution >= 0.6 is 0 Å². The molecule has 4 atom stereocenters. The van der Waals surface area contributed by atoms with Crippen molar-refractivity contribution in [2.75, 3.05) is 7.11 Å². The van der Waals surface area contributed by atoms with Crippen LogP contribution in [0.25, 0.3) is 0 Å². The van der Waals surface area contributed by atoms with E-state index in [1.54, 1.807) is 0 Å². The predicted molar refractivity (Wildman–Crippen MR) is 147 cm³/mol. The normalized spacial score (nSPS) is 15.2. The van der Waals surface area contributed by atoms with E-state index in [1.165, 1.54) is 129 Å². The first-order valence-electron chi connectivity index (χ1n) is 15.0. The molecule has 0 heterocycles. The van der Waals surface area contributed by atoms with Crippen LogP contribution in [0.1, 0.15) is 163 Å². The van der Waals surface area contributed by atoms with E-state index in [2.05, 4.69) is 27.7 Å². The molecule has 0 saturated carbocycles. The molecule has 2 heteroatoms. The molecule has 0 spiro atoms. The van der Waals surface area contributed by atoms with E-state index in [0.29, 0.717) is 5.92 Å². The van der Waals surface area contributed by atoms with Gasteiger partial charge in [0.1, 0.15) is 0 Å². The maximum absolute atomic E-state index is 11.6. The monoisotopic (exact) mass is 466 g/mol. The Kier molecular flexibility index (Phi) is 22.9. The second-order valence-corrected chi connectivity index (χ2v) is 11.5. The Bertz CT molecular complexity index is 419. The Morgan fingerprint density at radius 3 is 1.33 bits per heavy atom. The van der Waals surface area contributed by atoms with Gasteiger partial charge in [-0.3, -0.25) is 4.79 Å². The Morgan fingerprint density at radius 2 is 0.909 bits per heavy atom. The summed E-state index contributed by atoms with van der Waals surface area (Å²) in [6.07, 6.45) is 28.0. The van der Waals surface area contributed by atoms with Crippen LogP contribution in [0.4, 0.5) is 0 Å². The summed E-state index contributed by atoms with van der Waals surface area (Å²) >= 11 is 0. The Balaban J connectivity index is 3.46. The Morgan fingerprint density at radius 1 is 0.545 bits per heavy atom. The van der Waals surface area contributed by atoms with Gasteiger partial charge in [-0.05, 0) is 37.0 Å². The number of carbonyl (C=O) groups is 1. The first-order valence-corrected chi connectivity index (χ1v) is 15.0. The molecule has 0 aromatic heterocycles. The molecule has 0 amide bonds. The zero-order chi connectivity index (χ0) is 24.7. The standard InChI is InChI=1S/C31H62O2/c1-7-8-9-10-11-12-13-14-15-16-17-18-19-20-21-22-23-27(2)24-28(3)25-29(4)26-30(5)31(32)33-6/h27-30H,7-26H2,1-6H3. The summed E-state index contributed by atoms with van der Waals surface area (Å²) < 4.78 is 4.87. The van der Waals surface area contributed by atoms with Crippen molar-refractivity contribution < 1.29 is 9.53 Å². The van der Waals surface area contributed by atoms with Gasteiger partial charge in [0.05, 0.1) is 13.0 Å². The van der Waals surface area contributed by atoms with Gasteiger partial charge < -0.3 is 4.74 Å². The fourth-order valence-corrected chi connectivity index (χ4v) is 5.63. The third kappa shape index (κ3) is 21.7. The molecule has 2 nitrogen and oxygen atoms in total. The summed E-state index contributed by atoms with van der Waals surface area (Å²) in [5, 5.41) is 0. The highest BCUT2D eigenvalue weighted by Gasteiger charge is 2.19. The van der Waals surface area contributed by atoms with Crippen molar-refractivity contribution in [3.8, 4) is 0 Å². The van der Waals surface area contributed by atoms with Crippen molar-refractivity contribution in [2.24, 2.45) is 23.7 Å². The van der Waals surface area contributed by atoms with Crippen LogP contribution in [-0.2, 0) is 9.53 Å². The van der Waals surface area contributed by atoms with Gasteiger partial charge in [-0.25, -0.2) is 0 Å². The minimum Gasteiger partial charge on any atom is -0.469 e. The van der Waals surface area contributed by atoms with E-state index in [4.69, 9.17) is 4.74 Å². The lowest BCUT2D eigenvalue weighted by Gasteiger charge is -2.22. The molecule has 0 aromatic rings. The number of hydrogen-bond acceptors (Lipinski definition) is 2. The number of ether oxygens (including phenoxy) is 1. The number of rotatable bonds is 24. The quantitative estimate of drug-likeness (QED) is 0.104. The van der Waals surface area contributed by atoms with Gasteiger partial charge in [0, 0.05) is 0 Å². The number of methoxy groups -OCH3 is 1.